The highest BCUT2D eigenvalue weighted by molar-refractivity contribution is 5.79. The first kappa shape index (κ1) is 54.3. The fraction of sp³-hybridized carbons (Fsp3) is 0.939. The summed E-state index contributed by atoms with van der Waals surface area (Å²) in [4.78, 5) is 54.6. The molecule has 60 heavy (non-hydrogen) atoms. The first-order valence-corrected chi connectivity index (χ1v) is 25.1. The van der Waals surface area contributed by atoms with Crippen LogP contribution in [0.3, 0.4) is 0 Å². The zero-order chi connectivity index (χ0) is 44.9. The van der Waals surface area contributed by atoms with Crippen LogP contribution >= 0.6 is 0 Å². The van der Waals surface area contributed by atoms with Crippen LogP contribution in [0.15, 0.2) is 0 Å². The molecule has 6 heterocycles. The Hall–Kier alpha value is -1.79. The quantitative estimate of drug-likeness (QED) is 0.216. The predicted molar refractivity (Wildman–Crippen MR) is 253 cm³/mol. The summed E-state index contributed by atoms with van der Waals surface area (Å²) in [6.45, 7) is 46.4. The van der Waals surface area contributed by atoms with Gasteiger partial charge in [0.25, 0.3) is 0 Å². The largest absolute Gasteiger partial charge is 0.342 e. The first-order chi connectivity index (χ1) is 28.7. The number of hydrogen-bond donors (Lipinski definition) is 0. The van der Waals surface area contributed by atoms with Gasteiger partial charge in [0.2, 0.25) is 17.7 Å². The standard InChI is InChI=1S/C17H33N3O.C17H32N2O.C11H21N3O.2C2H6/c1-5-15(4)19-10-8-18(9-11-19)13-17(21)20-7-6-16(12-20)14(2)3;1-5-14(4)18-8-6-15(7-9-18)10-17(20)19-11-16(12-19)13(2)3;1-10-7-14(8-10)11(15)9-13-5-3-12(2)4-6-13;2*1-2/h14-16H,5-13H2,1-4H3;13-16H,5-12H2,1-4H3;10H,3-9H2,1-2H3;2*1-2H3. The molecular weight excluding hydrogens is 749 g/mol. The van der Waals surface area contributed by atoms with E-state index in [0.717, 1.165) is 110 Å². The molecule has 6 aliphatic rings. The Morgan fingerprint density at radius 1 is 0.500 bits per heavy atom. The summed E-state index contributed by atoms with van der Waals surface area (Å²) < 4.78 is 0. The smallest absolute Gasteiger partial charge is 0.236 e. The van der Waals surface area contributed by atoms with Crippen LogP contribution in [-0.4, -0.2) is 194 Å². The third kappa shape index (κ3) is 18.1. The number of piperidine rings is 1. The third-order valence-corrected chi connectivity index (χ3v) is 14.4. The Morgan fingerprint density at radius 3 is 1.35 bits per heavy atom. The normalized spacial score (nSPS) is 23.8. The molecule has 6 saturated heterocycles. The molecule has 0 aromatic rings. The van der Waals surface area contributed by atoms with Gasteiger partial charge in [-0.05, 0) is 102 Å². The summed E-state index contributed by atoms with van der Waals surface area (Å²) in [6.07, 6.45) is 6.83. The van der Waals surface area contributed by atoms with E-state index in [1.807, 2.05) is 32.6 Å². The van der Waals surface area contributed by atoms with Crippen LogP contribution in [0, 0.1) is 35.5 Å². The molecule has 0 spiro atoms. The van der Waals surface area contributed by atoms with E-state index in [1.165, 1.54) is 45.2 Å². The maximum atomic E-state index is 12.4. The molecule has 3 amide bonds. The summed E-state index contributed by atoms with van der Waals surface area (Å²) in [5.41, 5.74) is 0. The van der Waals surface area contributed by atoms with E-state index in [-0.39, 0.29) is 0 Å². The second kappa shape index (κ2) is 28.8. The van der Waals surface area contributed by atoms with Crippen LogP contribution in [0.5, 0.6) is 0 Å². The van der Waals surface area contributed by atoms with Gasteiger partial charge in [0.15, 0.2) is 0 Å². The number of likely N-dealkylation sites (N-methyl/N-ethyl adjacent to an activating group) is 1. The summed E-state index contributed by atoms with van der Waals surface area (Å²) in [5, 5.41) is 0. The van der Waals surface area contributed by atoms with Gasteiger partial charge in [-0.3, -0.25) is 29.1 Å². The van der Waals surface area contributed by atoms with E-state index in [4.69, 9.17) is 0 Å². The Balaban J connectivity index is 0.000000301. The number of hydrogen-bond acceptors (Lipinski definition) is 8. The van der Waals surface area contributed by atoms with Crippen LogP contribution in [-0.2, 0) is 14.4 Å². The van der Waals surface area contributed by atoms with Crippen molar-refractivity contribution in [1.29, 1.82) is 0 Å². The Morgan fingerprint density at radius 2 is 0.917 bits per heavy atom. The number of amides is 3. The highest BCUT2D eigenvalue weighted by Crippen LogP contribution is 2.28. The zero-order valence-electron chi connectivity index (χ0n) is 41.9. The fourth-order valence-electron chi connectivity index (χ4n) is 9.04. The molecule has 0 aromatic carbocycles. The Kier molecular flexibility index (Phi) is 26.1. The van der Waals surface area contributed by atoms with Crippen LogP contribution in [0.25, 0.3) is 0 Å². The van der Waals surface area contributed by atoms with Gasteiger partial charge in [-0.15, -0.1) is 0 Å². The van der Waals surface area contributed by atoms with Gasteiger partial charge in [0.1, 0.15) is 0 Å². The second-order valence-electron chi connectivity index (χ2n) is 19.4. The molecule has 0 aromatic heterocycles. The van der Waals surface area contributed by atoms with Crippen molar-refractivity contribution in [2.45, 2.75) is 141 Å². The number of carbonyl (C=O) groups excluding carboxylic acids is 3. The van der Waals surface area contributed by atoms with Crippen LogP contribution in [0.1, 0.15) is 129 Å². The SMILES string of the molecule is CC.CC.CC1CN(C(=O)CN2CCN(C)CC2)C1.CCC(C)N1CCC(CC(=O)N2CC(C(C)C)C2)CC1.CCC(C)N1CCN(CC(=O)N2CCC(C(C)C)C2)CC1. The Labute approximate surface area is 371 Å². The van der Waals surface area contributed by atoms with Crippen molar-refractivity contribution in [1.82, 2.24) is 39.2 Å². The van der Waals surface area contributed by atoms with Crippen LogP contribution < -0.4 is 0 Å². The Bertz CT molecular complexity index is 1170. The molecule has 0 bridgehead atoms. The number of nitrogens with zero attached hydrogens (tertiary/aromatic N) is 8. The second-order valence-corrected chi connectivity index (χ2v) is 19.4. The molecule has 6 fully saturated rings. The van der Waals surface area contributed by atoms with E-state index in [1.54, 1.807) is 0 Å². The minimum absolute atomic E-state index is 0.317. The highest BCUT2D eigenvalue weighted by atomic mass is 16.2. The van der Waals surface area contributed by atoms with Crippen molar-refractivity contribution in [2.75, 3.05) is 125 Å². The first-order valence-electron chi connectivity index (χ1n) is 25.1. The van der Waals surface area contributed by atoms with Crippen LogP contribution in [0.4, 0.5) is 0 Å². The lowest BCUT2D eigenvalue weighted by Crippen LogP contribution is -2.54. The average molecular weight is 847 g/mol. The van der Waals surface area contributed by atoms with E-state index < -0.39 is 0 Å². The molecular formula is C49H98N8O3. The van der Waals surface area contributed by atoms with Crippen molar-refractivity contribution >= 4 is 17.7 Å². The number of piperazine rings is 2. The van der Waals surface area contributed by atoms with Crippen LogP contribution in [0.2, 0.25) is 0 Å². The van der Waals surface area contributed by atoms with Gasteiger partial charge in [-0.2, -0.15) is 0 Å². The fourth-order valence-corrected chi connectivity index (χ4v) is 9.04. The van der Waals surface area contributed by atoms with Gasteiger partial charge in [-0.1, -0.05) is 76.2 Å². The van der Waals surface area contributed by atoms with Crippen molar-refractivity contribution in [3.63, 3.8) is 0 Å². The number of likely N-dealkylation sites (tertiary alicyclic amines) is 4. The van der Waals surface area contributed by atoms with E-state index in [0.29, 0.717) is 66.6 Å². The van der Waals surface area contributed by atoms with Crippen molar-refractivity contribution < 1.29 is 14.4 Å². The molecule has 6 rings (SSSR count). The average Bonchev–Trinajstić information content (AvgIpc) is 3.73. The van der Waals surface area contributed by atoms with E-state index in [9.17, 15) is 14.4 Å². The van der Waals surface area contributed by atoms with Gasteiger partial charge < -0.3 is 24.5 Å². The molecule has 6 aliphatic heterocycles. The van der Waals surface area contributed by atoms with Gasteiger partial charge in [0, 0.05) is 110 Å². The molecule has 352 valence electrons. The summed E-state index contributed by atoms with van der Waals surface area (Å²) in [6, 6.07) is 1.38. The van der Waals surface area contributed by atoms with Crippen molar-refractivity contribution in [3.8, 4) is 0 Å². The molecule has 0 aliphatic carbocycles. The summed E-state index contributed by atoms with van der Waals surface area (Å²) in [7, 11) is 2.14. The molecule has 11 nitrogen and oxygen atoms in total. The lowest BCUT2D eigenvalue weighted by molar-refractivity contribution is -0.140. The third-order valence-electron chi connectivity index (χ3n) is 14.4. The number of carbonyl (C=O) groups is 3. The monoisotopic (exact) mass is 847 g/mol. The molecule has 0 radical (unpaired) electrons. The maximum Gasteiger partial charge on any atom is 0.236 e. The van der Waals surface area contributed by atoms with Gasteiger partial charge in [0.05, 0.1) is 13.1 Å². The van der Waals surface area contributed by atoms with E-state index >= 15 is 0 Å². The van der Waals surface area contributed by atoms with Crippen molar-refractivity contribution in [3.05, 3.63) is 0 Å². The highest BCUT2D eigenvalue weighted by Gasteiger charge is 2.34. The molecule has 3 atom stereocenters. The minimum Gasteiger partial charge on any atom is -0.342 e. The summed E-state index contributed by atoms with van der Waals surface area (Å²) >= 11 is 0. The maximum absolute atomic E-state index is 12.4. The zero-order valence-corrected chi connectivity index (χ0v) is 41.9. The van der Waals surface area contributed by atoms with Gasteiger partial charge >= 0.3 is 0 Å². The number of rotatable bonds is 12. The molecule has 11 heteroatoms. The molecule has 3 unspecified atom stereocenters. The summed E-state index contributed by atoms with van der Waals surface area (Å²) in [5.74, 6) is 5.26. The van der Waals surface area contributed by atoms with Gasteiger partial charge in [-0.25, -0.2) is 0 Å². The lowest BCUT2D eigenvalue weighted by atomic mass is 9.86. The minimum atomic E-state index is 0.317. The van der Waals surface area contributed by atoms with E-state index in [2.05, 4.69) is 104 Å². The predicted octanol–water partition coefficient (Wildman–Crippen LogP) is 6.67. The topological polar surface area (TPSA) is 77.1 Å². The molecule has 0 saturated carbocycles. The van der Waals surface area contributed by atoms with Crippen molar-refractivity contribution in [2.24, 2.45) is 35.5 Å². The lowest BCUT2D eigenvalue weighted by Gasteiger charge is -2.43. The molecule has 0 N–H and O–H groups in total.